The molecule has 2 aliphatic heterocycles. The van der Waals surface area contributed by atoms with Crippen molar-refractivity contribution in [2.45, 2.75) is 45.2 Å². The number of rotatable bonds is 4. The van der Waals surface area contributed by atoms with E-state index in [0.717, 1.165) is 53.6 Å². The van der Waals surface area contributed by atoms with Gasteiger partial charge in [-0.3, -0.25) is 9.69 Å². The molecule has 3 heterocycles. The molecular formula is C20H24N4O2. The van der Waals surface area contributed by atoms with Gasteiger partial charge in [0.25, 0.3) is 0 Å². The van der Waals surface area contributed by atoms with Crippen LogP contribution >= 0.6 is 0 Å². The van der Waals surface area contributed by atoms with E-state index in [-0.39, 0.29) is 11.9 Å². The molecule has 0 radical (unpaired) electrons. The van der Waals surface area contributed by atoms with Crippen LogP contribution in [0.4, 0.5) is 5.82 Å². The summed E-state index contributed by atoms with van der Waals surface area (Å²) in [5, 5.41) is 3.45. The Labute approximate surface area is 153 Å². The van der Waals surface area contributed by atoms with Crippen molar-refractivity contribution in [1.29, 1.82) is 0 Å². The Balaban J connectivity index is 1.73. The van der Waals surface area contributed by atoms with Gasteiger partial charge in [0, 0.05) is 23.2 Å². The van der Waals surface area contributed by atoms with Crippen molar-refractivity contribution in [1.82, 2.24) is 15.3 Å². The second-order valence-corrected chi connectivity index (χ2v) is 6.91. The monoisotopic (exact) mass is 352 g/mol. The van der Waals surface area contributed by atoms with Crippen molar-refractivity contribution in [3.05, 3.63) is 46.9 Å². The summed E-state index contributed by atoms with van der Waals surface area (Å²) in [6.07, 6.45) is 3.38. The molecule has 4 rings (SSSR count). The Bertz CT molecular complexity index is 831. The minimum atomic E-state index is 0.104. The van der Waals surface area contributed by atoms with E-state index in [9.17, 15) is 4.79 Å². The minimum absolute atomic E-state index is 0.104. The predicted octanol–water partition coefficient (Wildman–Crippen LogP) is 2.70. The molecule has 1 N–H and O–H groups in total. The summed E-state index contributed by atoms with van der Waals surface area (Å²) in [6.45, 7) is 3.48. The highest BCUT2D eigenvalue weighted by Gasteiger charge is 2.30. The number of nitrogens with zero attached hydrogens (tertiary/aromatic N) is 3. The summed E-state index contributed by atoms with van der Waals surface area (Å²) in [7, 11) is 1.65. The van der Waals surface area contributed by atoms with Crippen LogP contribution in [0.3, 0.4) is 0 Å². The van der Waals surface area contributed by atoms with Crippen LogP contribution in [0.25, 0.3) is 0 Å². The van der Waals surface area contributed by atoms with Gasteiger partial charge in [0.15, 0.2) is 0 Å². The van der Waals surface area contributed by atoms with E-state index in [4.69, 9.17) is 14.7 Å². The number of aryl methyl sites for hydroxylation is 1. The topological polar surface area (TPSA) is 67.3 Å². The molecule has 136 valence electrons. The molecule has 0 spiro atoms. The molecule has 1 fully saturated rings. The predicted molar refractivity (Wildman–Crippen MR) is 99.3 cm³/mol. The number of ether oxygens (including phenoxy) is 1. The van der Waals surface area contributed by atoms with Gasteiger partial charge in [-0.15, -0.1) is 0 Å². The number of amides is 1. The van der Waals surface area contributed by atoms with Crippen LogP contribution in [0.15, 0.2) is 24.3 Å². The number of hydrogen-bond acceptors (Lipinski definition) is 5. The van der Waals surface area contributed by atoms with Crippen molar-refractivity contribution >= 4 is 11.7 Å². The molecule has 0 unspecified atom stereocenters. The highest BCUT2D eigenvalue weighted by Crippen LogP contribution is 2.32. The average molecular weight is 352 g/mol. The van der Waals surface area contributed by atoms with Gasteiger partial charge in [0.1, 0.15) is 17.4 Å². The van der Waals surface area contributed by atoms with Crippen LogP contribution in [0.5, 0.6) is 5.75 Å². The normalized spacial score (nSPS) is 19.5. The number of carbonyl (C=O) groups is 1. The van der Waals surface area contributed by atoms with Crippen molar-refractivity contribution in [2.75, 3.05) is 18.6 Å². The van der Waals surface area contributed by atoms with Gasteiger partial charge in [0.2, 0.25) is 5.91 Å². The molecule has 1 saturated heterocycles. The zero-order chi connectivity index (χ0) is 18.1. The Hall–Kier alpha value is -2.47. The molecule has 1 atom stereocenters. The number of para-hydroxylation sites is 1. The largest absolute Gasteiger partial charge is 0.496 e. The third kappa shape index (κ3) is 3.05. The number of methoxy groups -OCH3 is 1. The number of aromatic nitrogens is 2. The maximum atomic E-state index is 12.7. The third-order valence-corrected chi connectivity index (χ3v) is 5.25. The summed E-state index contributed by atoms with van der Waals surface area (Å²) in [4.78, 5) is 24.1. The van der Waals surface area contributed by atoms with Crippen molar-refractivity contribution in [2.24, 2.45) is 0 Å². The zero-order valence-electron chi connectivity index (χ0n) is 15.3. The summed E-state index contributed by atoms with van der Waals surface area (Å²) < 4.78 is 5.46. The van der Waals surface area contributed by atoms with Crippen molar-refractivity contribution < 1.29 is 9.53 Å². The van der Waals surface area contributed by atoms with Gasteiger partial charge < -0.3 is 10.1 Å². The van der Waals surface area contributed by atoms with Gasteiger partial charge in [-0.2, -0.15) is 0 Å². The van der Waals surface area contributed by atoms with Crippen LogP contribution < -0.4 is 15.0 Å². The van der Waals surface area contributed by atoms with Gasteiger partial charge in [-0.05, 0) is 38.8 Å². The lowest BCUT2D eigenvalue weighted by molar-refractivity contribution is -0.119. The highest BCUT2D eigenvalue weighted by molar-refractivity contribution is 5.95. The summed E-state index contributed by atoms with van der Waals surface area (Å²) in [5.41, 5.74) is 3.05. The summed E-state index contributed by atoms with van der Waals surface area (Å²) in [6, 6.07) is 8.00. The molecule has 1 aromatic carbocycles. The lowest BCUT2D eigenvalue weighted by Gasteiger charge is -2.30. The first kappa shape index (κ1) is 17.0. The van der Waals surface area contributed by atoms with Gasteiger partial charge in [0.05, 0.1) is 19.7 Å². The fourth-order valence-electron chi connectivity index (χ4n) is 3.83. The number of carbonyl (C=O) groups excluding carboxylic acids is 1. The van der Waals surface area contributed by atoms with E-state index < -0.39 is 0 Å². The van der Waals surface area contributed by atoms with Gasteiger partial charge >= 0.3 is 0 Å². The van der Waals surface area contributed by atoms with Crippen LogP contribution in [0, 0.1) is 6.92 Å². The summed E-state index contributed by atoms with van der Waals surface area (Å²) >= 11 is 0. The van der Waals surface area contributed by atoms with E-state index in [1.807, 2.05) is 31.2 Å². The number of anilines is 1. The third-order valence-electron chi connectivity index (χ3n) is 5.25. The SMILES string of the molecule is COc1ccccc1CN1C(=O)CCc2c(C)nc([C@@H]3CCCN3)nc21. The molecule has 1 amide bonds. The second-order valence-electron chi connectivity index (χ2n) is 6.91. The molecule has 26 heavy (non-hydrogen) atoms. The fraction of sp³-hybridized carbons (Fsp3) is 0.450. The molecule has 6 heteroatoms. The first-order valence-corrected chi connectivity index (χ1v) is 9.20. The average Bonchev–Trinajstić information content (AvgIpc) is 3.19. The molecule has 6 nitrogen and oxygen atoms in total. The fourth-order valence-corrected chi connectivity index (χ4v) is 3.83. The maximum Gasteiger partial charge on any atom is 0.228 e. The molecular weight excluding hydrogens is 328 g/mol. The van der Waals surface area contributed by atoms with Gasteiger partial charge in [-0.1, -0.05) is 18.2 Å². The van der Waals surface area contributed by atoms with Crippen LogP contribution in [-0.2, 0) is 17.8 Å². The highest BCUT2D eigenvalue weighted by atomic mass is 16.5. The van der Waals surface area contributed by atoms with E-state index in [1.54, 1.807) is 12.0 Å². The lowest BCUT2D eigenvalue weighted by Crippen LogP contribution is -2.36. The molecule has 0 bridgehead atoms. The van der Waals surface area contributed by atoms with Crippen molar-refractivity contribution in [3.8, 4) is 5.75 Å². The number of hydrogen-bond donors (Lipinski definition) is 1. The standard InChI is InChI=1S/C20H24N4O2/c1-13-15-9-10-18(25)24(12-14-6-3-4-8-17(14)26-2)20(15)23-19(22-13)16-7-5-11-21-16/h3-4,6,8,16,21H,5,7,9-12H2,1-2H3/t16-/m0/s1. The quantitative estimate of drug-likeness (QED) is 0.916. The summed E-state index contributed by atoms with van der Waals surface area (Å²) in [5.74, 6) is 2.46. The number of fused-ring (bicyclic) bond motifs is 1. The smallest absolute Gasteiger partial charge is 0.228 e. The molecule has 1 aromatic heterocycles. The Morgan fingerprint density at radius 2 is 2.12 bits per heavy atom. The zero-order valence-corrected chi connectivity index (χ0v) is 15.3. The van der Waals surface area contributed by atoms with Crippen LogP contribution in [-0.4, -0.2) is 29.5 Å². The number of nitrogens with one attached hydrogen (secondary N) is 1. The van der Waals surface area contributed by atoms with E-state index in [1.165, 1.54) is 0 Å². The van der Waals surface area contributed by atoms with E-state index in [0.29, 0.717) is 19.4 Å². The first-order valence-electron chi connectivity index (χ1n) is 9.20. The Kier molecular flexibility index (Phi) is 4.59. The molecule has 0 saturated carbocycles. The molecule has 0 aliphatic carbocycles. The Morgan fingerprint density at radius 3 is 2.88 bits per heavy atom. The lowest BCUT2D eigenvalue weighted by atomic mass is 10.0. The minimum Gasteiger partial charge on any atom is -0.496 e. The van der Waals surface area contributed by atoms with Crippen LogP contribution in [0.1, 0.15) is 47.9 Å². The first-order chi connectivity index (χ1) is 12.7. The molecule has 2 aliphatic rings. The number of benzene rings is 1. The van der Waals surface area contributed by atoms with E-state index >= 15 is 0 Å². The Morgan fingerprint density at radius 1 is 1.27 bits per heavy atom. The van der Waals surface area contributed by atoms with E-state index in [2.05, 4.69) is 5.32 Å². The second kappa shape index (κ2) is 7.03. The van der Waals surface area contributed by atoms with Crippen molar-refractivity contribution in [3.63, 3.8) is 0 Å². The van der Waals surface area contributed by atoms with Gasteiger partial charge in [-0.25, -0.2) is 9.97 Å². The van der Waals surface area contributed by atoms with Crippen LogP contribution in [0.2, 0.25) is 0 Å². The maximum absolute atomic E-state index is 12.7. The molecule has 2 aromatic rings.